The maximum Gasteiger partial charge on any atom is 0.0380 e. The van der Waals surface area contributed by atoms with E-state index in [0.29, 0.717) is 11.9 Å². The van der Waals surface area contributed by atoms with E-state index in [0.717, 1.165) is 18.7 Å². The Hall–Kier alpha value is -0.180. The van der Waals surface area contributed by atoms with Crippen molar-refractivity contribution >= 4 is 23.4 Å². The fourth-order valence-corrected chi connectivity index (χ4v) is 1.99. The molecule has 0 radical (unpaired) electrons. The first-order valence-electron chi connectivity index (χ1n) is 5.19. The van der Waals surface area contributed by atoms with Crippen molar-refractivity contribution in [1.82, 2.24) is 5.32 Å². The molecule has 1 nitrogen and oxygen atoms in total. The second-order valence-corrected chi connectivity index (χ2v) is 4.78. The molecule has 0 heterocycles. The van der Waals surface area contributed by atoms with Crippen LogP contribution in [0.4, 0.5) is 0 Å². The molecule has 1 aromatic carbocycles. The molecule has 1 N–H and O–H groups in total. The van der Waals surface area contributed by atoms with Gasteiger partial charge in [0.1, 0.15) is 0 Å². The number of halogens is 1. The average Bonchev–Trinajstić information content (AvgIpc) is 2.29. The van der Waals surface area contributed by atoms with E-state index in [1.165, 1.54) is 5.56 Å². The first kappa shape index (κ1) is 12.9. The fraction of sp³-hybridized carbons (Fsp3) is 0.500. The molecule has 1 aromatic rings. The van der Waals surface area contributed by atoms with Crippen LogP contribution in [0.15, 0.2) is 30.3 Å². The zero-order chi connectivity index (χ0) is 10.9. The van der Waals surface area contributed by atoms with Gasteiger partial charge in [-0.2, -0.15) is 11.8 Å². The minimum Gasteiger partial charge on any atom is -0.312 e. The predicted octanol–water partition coefficient (Wildman–Crippen LogP) is 2.79. The second-order valence-electron chi connectivity index (χ2n) is 3.49. The van der Waals surface area contributed by atoms with Crippen LogP contribution >= 0.6 is 23.4 Å². The molecule has 0 saturated carbocycles. The lowest BCUT2D eigenvalue weighted by Crippen LogP contribution is -2.34. The number of hydrogen-bond acceptors (Lipinski definition) is 2. The first-order valence-corrected chi connectivity index (χ1v) is 7.12. The van der Waals surface area contributed by atoms with Crippen molar-refractivity contribution in [3.63, 3.8) is 0 Å². The number of nitrogens with one attached hydrogen (secondary N) is 1. The highest BCUT2D eigenvalue weighted by Gasteiger charge is 2.06. The summed E-state index contributed by atoms with van der Waals surface area (Å²) in [6.45, 7) is 1.03. The molecule has 1 rings (SSSR count). The van der Waals surface area contributed by atoms with Crippen molar-refractivity contribution in [1.29, 1.82) is 0 Å². The molecule has 0 spiro atoms. The van der Waals surface area contributed by atoms with Crippen LogP contribution in [0.25, 0.3) is 0 Å². The Morgan fingerprint density at radius 2 is 2.07 bits per heavy atom. The van der Waals surface area contributed by atoms with Gasteiger partial charge in [-0.1, -0.05) is 30.3 Å². The van der Waals surface area contributed by atoms with Crippen LogP contribution in [-0.2, 0) is 6.42 Å². The summed E-state index contributed by atoms with van der Waals surface area (Å²) in [5, 5.41) is 3.47. The Bertz CT molecular complexity index is 253. The molecule has 0 saturated heterocycles. The van der Waals surface area contributed by atoms with Crippen LogP contribution in [-0.4, -0.2) is 30.5 Å². The quantitative estimate of drug-likeness (QED) is 0.584. The van der Waals surface area contributed by atoms with E-state index in [-0.39, 0.29) is 0 Å². The van der Waals surface area contributed by atoms with Crippen LogP contribution in [0.2, 0.25) is 0 Å². The summed E-state index contributed by atoms with van der Waals surface area (Å²) in [6, 6.07) is 10.9. The van der Waals surface area contributed by atoms with Crippen LogP contribution in [0.5, 0.6) is 0 Å². The van der Waals surface area contributed by atoms with Crippen LogP contribution < -0.4 is 5.32 Å². The van der Waals surface area contributed by atoms with Crippen molar-refractivity contribution in [2.45, 2.75) is 12.5 Å². The highest BCUT2D eigenvalue weighted by atomic mass is 35.5. The van der Waals surface area contributed by atoms with Crippen molar-refractivity contribution < 1.29 is 0 Å². The normalized spacial score (nSPS) is 12.7. The average molecular weight is 244 g/mol. The molecule has 0 aliphatic carbocycles. The Kier molecular flexibility index (Phi) is 6.90. The van der Waals surface area contributed by atoms with Gasteiger partial charge in [-0.3, -0.25) is 0 Å². The highest BCUT2D eigenvalue weighted by molar-refractivity contribution is 7.98. The van der Waals surface area contributed by atoms with Crippen molar-refractivity contribution in [2.24, 2.45) is 0 Å². The van der Waals surface area contributed by atoms with Gasteiger partial charge in [0.25, 0.3) is 0 Å². The number of rotatable bonds is 7. The molecule has 0 fully saturated rings. The molecule has 1 unspecified atom stereocenters. The monoisotopic (exact) mass is 243 g/mol. The number of hydrogen-bond donors (Lipinski definition) is 1. The van der Waals surface area contributed by atoms with Crippen LogP contribution in [0, 0.1) is 0 Å². The third-order valence-electron chi connectivity index (χ3n) is 2.25. The predicted molar refractivity (Wildman–Crippen MR) is 71.0 cm³/mol. The highest BCUT2D eigenvalue weighted by Crippen LogP contribution is 2.04. The molecule has 84 valence electrons. The van der Waals surface area contributed by atoms with E-state index in [2.05, 4.69) is 35.8 Å². The maximum atomic E-state index is 5.93. The molecule has 0 amide bonds. The minimum absolute atomic E-state index is 0.390. The summed E-state index contributed by atoms with van der Waals surface area (Å²) in [5.74, 6) is 1.81. The van der Waals surface area contributed by atoms with Gasteiger partial charge in [0.2, 0.25) is 0 Å². The summed E-state index contributed by atoms with van der Waals surface area (Å²) in [5.41, 5.74) is 1.35. The smallest absolute Gasteiger partial charge is 0.0380 e. The van der Waals surface area contributed by atoms with E-state index < -0.39 is 0 Å². The van der Waals surface area contributed by atoms with Crippen molar-refractivity contribution in [2.75, 3.05) is 24.4 Å². The Balaban J connectivity index is 2.33. The van der Waals surface area contributed by atoms with Crippen LogP contribution in [0.3, 0.4) is 0 Å². The summed E-state index contributed by atoms with van der Waals surface area (Å²) < 4.78 is 0. The lowest BCUT2D eigenvalue weighted by Gasteiger charge is -2.15. The standard InChI is InChI=1S/C12H18ClNS/c1-15-8-7-14-12(10-13)9-11-5-3-2-4-6-11/h2-6,12,14H,7-10H2,1H3. The minimum atomic E-state index is 0.390. The van der Waals surface area contributed by atoms with Gasteiger partial charge in [-0.15, -0.1) is 11.6 Å². The molecule has 0 aliphatic rings. The van der Waals surface area contributed by atoms with Gasteiger partial charge in [0.05, 0.1) is 0 Å². The number of thioether (sulfide) groups is 1. The topological polar surface area (TPSA) is 12.0 Å². The van der Waals surface area contributed by atoms with E-state index >= 15 is 0 Å². The molecule has 15 heavy (non-hydrogen) atoms. The summed E-state index contributed by atoms with van der Waals surface area (Å²) in [7, 11) is 0. The molecule has 1 atom stereocenters. The molecule has 0 aliphatic heterocycles. The van der Waals surface area contributed by atoms with Gasteiger partial charge in [0.15, 0.2) is 0 Å². The van der Waals surface area contributed by atoms with Crippen molar-refractivity contribution in [3.8, 4) is 0 Å². The molecule has 0 aromatic heterocycles. The Morgan fingerprint density at radius 1 is 1.33 bits per heavy atom. The third kappa shape index (κ3) is 5.45. The summed E-state index contributed by atoms with van der Waals surface area (Å²) in [6.07, 6.45) is 3.13. The largest absolute Gasteiger partial charge is 0.312 e. The molecular formula is C12H18ClNS. The second kappa shape index (κ2) is 8.03. The first-order chi connectivity index (χ1) is 7.36. The molecule has 3 heteroatoms. The zero-order valence-corrected chi connectivity index (χ0v) is 10.7. The van der Waals surface area contributed by atoms with Crippen molar-refractivity contribution in [3.05, 3.63) is 35.9 Å². The molecule has 0 bridgehead atoms. The van der Waals surface area contributed by atoms with E-state index in [4.69, 9.17) is 11.6 Å². The van der Waals surface area contributed by atoms with E-state index in [1.807, 2.05) is 17.8 Å². The third-order valence-corrected chi connectivity index (χ3v) is 3.24. The maximum absolute atomic E-state index is 5.93. The van der Waals surface area contributed by atoms with Gasteiger partial charge in [-0.05, 0) is 18.2 Å². The number of benzene rings is 1. The summed E-state index contributed by atoms with van der Waals surface area (Å²) >= 11 is 7.78. The lowest BCUT2D eigenvalue weighted by molar-refractivity contribution is 0.573. The fourth-order valence-electron chi connectivity index (χ4n) is 1.45. The van der Waals surface area contributed by atoms with E-state index in [1.54, 1.807) is 0 Å². The Morgan fingerprint density at radius 3 is 2.67 bits per heavy atom. The van der Waals surface area contributed by atoms with Gasteiger partial charge in [-0.25, -0.2) is 0 Å². The summed E-state index contributed by atoms with van der Waals surface area (Å²) in [4.78, 5) is 0. The van der Waals surface area contributed by atoms with Crippen LogP contribution in [0.1, 0.15) is 5.56 Å². The Labute approximate surface area is 102 Å². The van der Waals surface area contributed by atoms with Gasteiger partial charge >= 0.3 is 0 Å². The number of alkyl halides is 1. The van der Waals surface area contributed by atoms with Gasteiger partial charge in [0, 0.05) is 24.2 Å². The van der Waals surface area contributed by atoms with E-state index in [9.17, 15) is 0 Å². The molecular weight excluding hydrogens is 226 g/mol. The lowest BCUT2D eigenvalue weighted by atomic mass is 10.1. The van der Waals surface area contributed by atoms with Gasteiger partial charge < -0.3 is 5.32 Å². The zero-order valence-electron chi connectivity index (χ0n) is 9.08. The SMILES string of the molecule is CSCCNC(CCl)Cc1ccccc1.